The lowest BCUT2D eigenvalue weighted by molar-refractivity contribution is 0.209. The normalized spacial score (nSPS) is 20.8. The first kappa shape index (κ1) is 14.4. The highest BCUT2D eigenvalue weighted by atomic mass is 35.5. The topological polar surface area (TPSA) is 37.3 Å². The molecule has 0 radical (unpaired) electrons. The van der Waals surface area contributed by atoms with Gasteiger partial charge in [0.05, 0.1) is 5.02 Å². The van der Waals surface area contributed by atoms with Gasteiger partial charge in [-0.3, -0.25) is 4.79 Å². The van der Waals surface area contributed by atoms with Crippen LogP contribution in [0.3, 0.4) is 0 Å². The molecule has 0 spiro atoms. The second kappa shape index (κ2) is 5.97. The van der Waals surface area contributed by atoms with Gasteiger partial charge in [0.2, 0.25) is 0 Å². The van der Waals surface area contributed by atoms with E-state index in [9.17, 15) is 4.79 Å². The molecular formula is C14H22ClN3O. The van der Waals surface area contributed by atoms with Crippen molar-refractivity contribution in [1.82, 2.24) is 9.47 Å². The third-order valence-electron chi connectivity index (χ3n) is 3.45. The van der Waals surface area contributed by atoms with Gasteiger partial charge in [-0.1, -0.05) is 11.6 Å². The maximum atomic E-state index is 12.5. The molecule has 2 heterocycles. The van der Waals surface area contributed by atoms with E-state index >= 15 is 0 Å². The number of pyridine rings is 1. The lowest BCUT2D eigenvalue weighted by Gasteiger charge is -2.31. The molecule has 1 N–H and O–H groups in total. The number of likely N-dealkylation sites (tertiary alicyclic amines) is 1. The van der Waals surface area contributed by atoms with E-state index < -0.39 is 0 Å². The van der Waals surface area contributed by atoms with Crippen LogP contribution in [-0.2, 0) is 0 Å². The van der Waals surface area contributed by atoms with Crippen LogP contribution in [-0.4, -0.2) is 35.6 Å². The summed E-state index contributed by atoms with van der Waals surface area (Å²) in [6.45, 7) is 6.03. The second-order valence-electron chi connectivity index (χ2n) is 5.64. The molecule has 1 saturated heterocycles. The van der Waals surface area contributed by atoms with Gasteiger partial charge >= 0.3 is 0 Å². The molecule has 2 rings (SSSR count). The van der Waals surface area contributed by atoms with E-state index in [4.69, 9.17) is 11.6 Å². The summed E-state index contributed by atoms with van der Waals surface area (Å²) in [4.78, 5) is 14.7. The zero-order valence-electron chi connectivity index (χ0n) is 11.8. The van der Waals surface area contributed by atoms with Gasteiger partial charge in [-0.05, 0) is 46.3 Å². The van der Waals surface area contributed by atoms with E-state index in [2.05, 4.69) is 17.3 Å². The second-order valence-corrected chi connectivity index (χ2v) is 6.08. The fourth-order valence-corrected chi connectivity index (χ4v) is 2.83. The molecule has 1 aromatic rings. The highest BCUT2D eigenvalue weighted by molar-refractivity contribution is 6.30. The Kier molecular flexibility index (Phi) is 4.53. The van der Waals surface area contributed by atoms with Crippen LogP contribution in [0.2, 0.25) is 5.02 Å². The minimum Gasteiger partial charge on any atom is -0.378 e. The molecule has 1 aromatic heterocycles. The summed E-state index contributed by atoms with van der Waals surface area (Å²) in [5.41, 5.74) is 0.620. The molecule has 0 aromatic carbocycles. The Morgan fingerprint density at radius 1 is 1.47 bits per heavy atom. The Balaban J connectivity index is 2.34. The fraction of sp³-hybridized carbons (Fsp3) is 0.643. The largest absolute Gasteiger partial charge is 0.378 e. The summed E-state index contributed by atoms with van der Waals surface area (Å²) in [6.07, 6.45) is 3.91. The van der Waals surface area contributed by atoms with Crippen molar-refractivity contribution >= 4 is 17.3 Å². The minimum absolute atomic E-state index is 0.0263. The van der Waals surface area contributed by atoms with Crippen LogP contribution in [0, 0.1) is 0 Å². The van der Waals surface area contributed by atoms with Gasteiger partial charge in [0.25, 0.3) is 5.56 Å². The number of nitrogens with one attached hydrogen (secondary N) is 1. The molecule has 1 atom stereocenters. The highest BCUT2D eigenvalue weighted by Crippen LogP contribution is 2.22. The standard InChI is InChI=1S/C14H22ClN3O/c1-10(2)16-13-7-11(15)8-18(14(13)19)12-5-4-6-17(3)9-12/h7-8,10,12,16H,4-6,9H2,1-3H3. The maximum Gasteiger partial charge on any atom is 0.274 e. The highest BCUT2D eigenvalue weighted by Gasteiger charge is 2.21. The quantitative estimate of drug-likeness (QED) is 0.926. The number of hydrogen-bond donors (Lipinski definition) is 1. The number of likely N-dealkylation sites (N-methyl/N-ethyl adjacent to an activating group) is 1. The first-order valence-electron chi connectivity index (χ1n) is 6.84. The van der Waals surface area contributed by atoms with Crippen molar-refractivity contribution in [2.24, 2.45) is 0 Å². The van der Waals surface area contributed by atoms with Crippen molar-refractivity contribution in [3.63, 3.8) is 0 Å². The van der Waals surface area contributed by atoms with E-state index in [1.54, 1.807) is 16.8 Å². The fourth-order valence-electron chi connectivity index (χ4n) is 2.62. The van der Waals surface area contributed by atoms with Crippen molar-refractivity contribution in [1.29, 1.82) is 0 Å². The first-order chi connectivity index (χ1) is 8.97. The van der Waals surface area contributed by atoms with Crippen LogP contribution < -0.4 is 10.9 Å². The summed E-state index contributed by atoms with van der Waals surface area (Å²) in [6, 6.07) is 2.15. The molecule has 0 amide bonds. The van der Waals surface area contributed by atoms with Crippen LogP contribution in [0.5, 0.6) is 0 Å². The monoisotopic (exact) mass is 283 g/mol. The van der Waals surface area contributed by atoms with Gasteiger partial charge in [0, 0.05) is 24.8 Å². The number of nitrogens with zero attached hydrogens (tertiary/aromatic N) is 2. The third kappa shape index (κ3) is 3.51. The van der Waals surface area contributed by atoms with Gasteiger partial charge in [-0.25, -0.2) is 0 Å². The summed E-state index contributed by atoms with van der Waals surface area (Å²) in [7, 11) is 2.09. The Labute approximate surface area is 119 Å². The molecule has 5 heteroatoms. The Hall–Kier alpha value is -1.00. The molecule has 1 unspecified atom stereocenters. The smallest absolute Gasteiger partial charge is 0.274 e. The zero-order chi connectivity index (χ0) is 14.0. The predicted octanol–water partition coefficient (Wildman–Crippen LogP) is 2.59. The number of piperidine rings is 1. The number of anilines is 1. The molecule has 1 fully saturated rings. The summed E-state index contributed by atoms with van der Waals surface area (Å²) in [5, 5.41) is 3.78. The number of halogens is 1. The van der Waals surface area contributed by atoms with E-state index in [1.165, 1.54) is 0 Å². The van der Waals surface area contributed by atoms with Crippen molar-refractivity contribution in [2.75, 3.05) is 25.5 Å². The Bertz CT molecular complexity index is 498. The molecule has 0 saturated carbocycles. The van der Waals surface area contributed by atoms with Gasteiger partial charge in [-0.15, -0.1) is 0 Å². The Morgan fingerprint density at radius 3 is 2.84 bits per heavy atom. The Morgan fingerprint density at radius 2 is 2.21 bits per heavy atom. The van der Waals surface area contributed by atoms with E-state index in [-0.39, 0.29) is 17.6 Å². The summed E-state index contributed by atoms with van der Waals surface area (Å²) < 4.78 is 1.79. The van der Waals surface area contributed by atoms with Crippen molar-refractivity contribution in [3.8, 4) is 0 Å². The molecule has 0 bridgehead atoms. The first-order valence-corrected chi connectivity index (χ1v) is 7.22. The van der Waals surface area contributed by atoms with Crippen LogP contribution in [0.25, 0.3) is 0 Å². The molecule has 106 valence electrons. The molecule has 19 heavy (non-hydrogen) atoms. The van der Waals surface area contributed by atoms with E-state index in [0.29, 0.717) is 10.7 Å². The van der Waals surface area contributed by atoms with Crippen LogP contribution in [0.1, 0.15) is 32.7 Å². The van der Waals surface area contributed by atoms with Crippen LogP contribution in [0.4, 0.5) is 5.69 Å². The number of hydrogen-bond acceptors (Lipinski definition) is 3. The number of rotatable bonds is 3. The van der Waals surface area contributed by atoms with Gasteiger partial charge in [0.1, 0.15) is 5.69 Å². The third-order valence-corrected chi connectivity index (χ3v) is 3.65. The van der Waals surface area contributed by atoms with Crippen molar-refractivity contribution in [2.45, 2.75) is 38.8 Å². The maximum absolute atomic E-state index is 12.5. The minimum atomic E-state index is 0.0263. The van der Waals surface area contributed by atoms with Gasteiger partial charge in [0.15, 0.2) is 0 Å². The van der Waals surface area contributed by atoms with Gasteiger partial charge in [-0.2, -0.15) is 0 Å². The van der Waals surface area contributed by atoms with E-state index in [0.717, 1.165) is 25.9 Å². The predicted molar refractivity (Wildman–Crippen MR) is 80.2 cm³/mol. The van der Waals surface area contributed by atoms with Crippen LogP contribution >= 0.6 is 11.6 Å². The molecular weight excluding hydrogens is 262 g/mol. The lowest BCUT2D eigenvalue weighted by Crippen LogP contribution is -2.38. The molecule has 4 nitrogen and oxygen atoms in total. The summed E-state index contributed by atoms with van der Waals surface area (Å²) >= 11 is 6.15. The lowest BCUT2D eigenvalue weighted by atomic mass is 10.1. The molecule has 0 aliphatic carbocycles. The average Bonchev–Trinajstić information content (AvgIpc) is 2.32. The average molecular weight is 284 g/mol. The van der Waals surface area contributed by atoms with Crippen LogP contribution in [0.15, 0.2) is 17.1 Å². The molecule has 1 aliphatic rings. The zero-order valence-corrected chi connectivity index (χ0v) is 12.6. The number of aromatic nitrogens is 1. The van der Waals surface area contributed by atoms with Gasteiger partial charge < -0.3 is 14.8 Å². The van der Waals surface area contributed by atoms with Crippen molar-refractivity contribution in [3.05, 3.63) is 27.6 Å². The van der Waals surface area contributed by atoms with E-state index in [1.807, 2.05) is 13.8 Å². The SMILES string of the molecule is CC(C)Nc1cc(Cl)cn(C2CCCN(C)C2)c1=O. The summed E-state index contributed by atoms with van der Waals surface area (Å²) in [5.74, 6) is 0. The van der Waals surface area contributed by atoms with Crippen molar-refractivity contribution < 1.29 is 0 Å². The molecule has 1 aliphatic heterocycles.